The van der Waals surface area contributed by atoms with Crippen molar-refractivity contribution in [2.75, 3.05) is 13.1 Å². The Hall–Kier alpha value is -1.65. The Morgan fingerprint density at radius 1 is 1.41 bits per heavy atom. The lowest BCUT2D eigenvalue weighted by molar-refractivity contribution is -0.138. The fourth-order valence-corrected chi connectivity index (χ4v) is 3.10. The third-order valence-electron chi connectivity index (χ3n) is 4.15. The Kier molecular flexibility index (Phi) is 6.62. The normalized spacial score (nSPS) is 18.5. The molecule has 0 aromatic carbocycles. The van der Waals surface area contributed by atoms with E-state index in [2.05, 4.69) is 24.0 Å². The van der Waals surface area contributed by atoms with Gasteiger partial charge in [-0.1, -0.05) is 26.7 Å². The summed E-state index contributed by atoms with van der Waals surface area (Å²) in [5, 5.41) is 7.79. The lowest BCUT2D eigenvalue weighted by atomic mass is 9.95. The van der Waals surface area contributed by atoms with Crippen molar-refractivity contribution >= 4 is 5.91 Å². The smallest absolute Gasteiger partial charge is 0.233 e. The van der Waals surface area contributed by atoms with E-state index in [9.17, 15) is 4.79 Å². The first-order chi connectivity index (χ1) is 10.7. The molecule has 1 unspecified atom stereocenters. The van der Waals surface area contributed by atoms with Gasteiger partial charge < -0.3 is 9.64 Å². The third kappa shape index (κ3) is 4.68. The molecule has 1 amide bonds. The van der Waals surface area contributed by atoms with E-state index in [0.717, 1.165) is 45.1 Å². The monoisotopic (exact) mass is 305 g/mol. The molecule has 0 bridgehead atoms. The zero-order chi connectivity index (χ0) is 15.8. The number of amides is 1. The van der Waals surface area contributed by atoms with Crippen LogP contribution in [0.25, 0.3) is 0 Å². The average molecular weight is 305 g/mol. The van der Waals surface area contributed by atoms with Crippen LogP contribution in [0.2, 0.25) is 0 Å². The Morgan fingerprint density at radius 2 is 2.18 bits per heavy atom. The Morgan fingerprint density at radius 3 is 2.82 bits per heavy atom. The molecule has 0 aliphatic carbocycles. The fraction of sp³-hybridized carbons (Fsp3) is 0.706. The van der Waals surface area contributed by atoms with Gasteiger partial charge in [-0.3, -0.25) is 4.79 Å². The van der Waals surface area contributed by atoms with E-state index in [1.807, 2.05) is 17.0 Å². The molecular formula is C17H27N3O2. The summed E-state index contributed by atoms with van der Waals surface area (Å²) in [5.41, 5.74) is 0. The molecule has 2 rings (SSSR count). The number of rotatable bonds is 7. The van der Waals surface area contributed by atoms with Gasteiger partial charge in [-0.2, -0.15) is 5.10 Å². The van der Waals surface area contributed by atoms with Gasteiger partial charge in [0.1, 0.15) is 6.10 Å². The molecule has 1 aliphatic heterocycles. The molecule has 0 spiro atoms. The topological polar surface area (TPSA) is 55.3 Å². The van der Waals surface area contributed by atoms with Crippen molar-refractivity contribution in [2.24, 2.45) is 5.92 Å². The second-order valence-corrected chi connectivity index (χ2v) is 6.00. The van der Waals surface area contributed by atoms with E-state index < -0.39 is 0 Å². The highest BCUT2D eigenvalue weighted by Crippen LogP contribution is 2.21. The molecule has 5 nitrogen and oxygen atoms in total. The Labute approximate surface area is 133 Å². The van der Waals surface area contributed by atoms with Crippen molar-refractivity contribution in [1.29, 1.82) is 0 Å². The molecule has 0 radical (unpaired) electrons. The summed E-state index contributed by atoms with van der Waals surface area (Å²) in [6, 6.07) is 3.62. The largest absolute Gasteiger partial charge is 0.471 e. The van der Waals surface area contributed by atoms with E-state index >= 15 is 0 Å². The van der Waals surface area contributed by atoms with Gasteiger partial charge in [0, 0.05) is 24.7 Å². The summed E-state index contributed by atoms with van der Waals surface area (Å²) in [4.78, 5) is 14.7. The van der Waals surface area contributed by atoms with Crippen LogP contribution in [0.5, 0.6) is 5.88 Å². The highest BCUT2D eigenvalue weighted by atomic mass is 16.5. The van der Waals surface area contributed by atoms with Crippen LogP contribution in [-0.4, -0.2) is 40.2 Å². The lowest BCUT2D eigenvalue weighted by Gasteiger charge is -2.34. The summed E-state index contributed by atoms with van der Waals surface area (Å²) < 4.78 is 5.87. The number of hydrogen-bond acceptors (Lipinski definition) is 4. The SMILES string of the molecule is CCCC(CCC)C(=O)N1CCCC(Oc2cccnn2)C1. The van der Waals surface area contributed by atoms with Gasteiger partial charge >= 0.3 is 0 Å². The predicted octanol–water partition coefficient (Wildman–Crippen LogP) is 3.06. The number of likely N-dealkylation sites (tertiary alicyclic amines) is 1. The van der Waals surface area contributed by atoms with Crippen LogP contribution >= 0.6 is 0 Å². The first kappa shape index (κ1) is 16.7. The minimum atomic E-state index is 0.0262. The molecule has 1 saturated heterocycles. The van der Waals surface area contributed by atoms with E-state index in [-0.39, 0.29) is 12.0 Å². The van der Waals surface area contributed by atoms with Gasteiger partial charge in [-0.05, 0) is 31.7 Å². The molecule has 5 heteroatoms. The summed E-state index contributed by atoms with van der Waals surface area (Å²) in [5.74, 6) is 1.02. The third-order valence-corrected chi connectivity index (χ3v) is 4.15. The van der Waals surface area contributed by atoms with Gasteiger partial charge in [0.25, 0.3) is 0 Å². The molecule has 1 atom stereocenters. The average Bonchev–Trinajstić information content (AvgIpc) is 2.55. The zero-order valence-corrected chi connectivity index (χ0v) is 13.7. The van der Waals surface area contributed by atoms with Gasteiger partial charge in [-0.15, -0.1) is 5.10 Å². The van der Waals surface area contributed by atoms with Crippen LogP contribution in [0.1, 0.15) is 52.4 Å². The van der Waals surface area contributed by atoms with Crippen molar-refractivity contribution in [1.82, 2.24) is 15.1 Å². The number of hydrogen-bond donors (Lipinski definition) is 0. The van der Waals surface area contributed by atoms with E-state index in [1.54, 1.807) is 6.20 Å². The number of ether oxygens (including phenoxy) is 1. The van der Waals surface area contributed by atoms with Gasteiger partial charge in [-0.25, -0.2) is 0 Å². The standard InChI is InChI=1S/C17H27N3O2/c1-3-7-14(8-4-2)17(21)20-12-6-9-15(13-20)22-16-10-5-11-18-19-16/h5,10-11,14-15H,3-4,6-9,12-13H2,1-2H3. The predicted molar refractivity (Wildman–Crippen MR) is 85.6 cm³/mol. The molecule has 1 fully saturated rings. The summed E-state index contributed by atoms with van der Waals surface area (Å²) >= 11 is 0. The van der Waals surface area contributed by atoms with Crippen LogP contribution in [0.4, 0.5) is 0 Å². The number of piperidine rings is 1. The molecule has 22 heavy (non-hydrogen) atoms. The minimum Gasteiger partial charge on any atom is -0.471 e. The van der Waals surface area contributed by atoms with Gasteiger partial charge in [0.15, 0.2) is 0 Å². The molecule has 0 saturated carbocycles. The number of nitrogens with zero attached hydrogens (tertiary/aromatic N) is 3. The molecule has 1 aromatic rings. The maximum Gasteiger partial charge on any atom is 0.233 e. The van der Waals surface area contributed by atoms with Gasteiger partial charge in [0.05, 0.1) is 6.54 Å². The highest BCUT2D eigenvalue weighted by molar-refractivity contribution is 5.79. The van der Waals surface area contributed by atoms with Crippen molar-refractivity contribution in [2.45, 2.75) is 58.5 Å². The summed E-state index contributed by atoms with van der Waals surface area (Å²) in [6.45, 7) is 5.81. The first-order valence-electron chi connectivity index (χ1n) is 8.47. The highest BCUT2D eigenvalue weighted by Gasteiger charge is 2.29. The number of carbonyl (C=O) groups is 1. The molecule has 1 aromatic heterocycles. The zero-order valence-electron chi connectivity index (χ0n) is 13.7. The fourth-order valence-electron chi connectivity index (χ4n) is 3.10. The first-order valence-corrected chi connectivity index (χ1v) is 8.47. The molecule has 0 N–H and O–H groups in total. The summed E-state index contributed by atoms with van der Waals surface area (Å²) in [7, 11) is 0. The van der Waals surface area contributed by atoms with Crippen LogP contribution in [0.15, 0.2) is 18.3 Å². The van der Waals surface area contributed by atoms with Crippen LogP contribution < -0.4 is 4.74 Å². The van der Waals surface area contributed by atoms with Crippen molar-refractivity contribution in [3.8, 4) is 5.88 Å². The van der Waals surface area contributed by atoms with Gasteiger partial charge in [0.2, 0.25) is 11.8 Å². The maximum absolute atomic E-state index is 12.7. The van der Waals surface area contributed by atoms with Crippen molar-refractivity contribution in [3.05, 3.63) is 18.3 Å². The molecule has 2 heterocycles. The Bertz CT molecular complexity index is 446. The molecular weight excluding hydrogens is 278 g/mol. The number of aromatic nitrogens is 2. The maximum atomic E-state index is 12.7. The van der Waals surface area contributed by atoms with E-state index in [0.29, 0.717) is 18.3 Å². The van der Waals surface area contributed by atoms with Crippen LogP contribution in [0.3, 0.4) is 0 Å². The second-order valence-electron chi connectivity index (χ2n) is 6.00. The quantitative estimate of drug-likeness (QED) is 0.777. The molecule has 1 aliphatic rings. The van der Waals surface area contributed by atoms with Crippen LogP contribution in [0, 0.1) is 5.92 Å². The van der Waals surface area contributed by atoms with E-state index in [4.69, 9.17) is 4.74 Å². The minimum absolute atomic E-state index is 0.0262. The lowest BCUT2D eigenvalue weighted by Crippen LogP contribution is -2.46. The van der Waals surface area contributed by atoms with Crippen LogP contribution in [-0.2, 0) is 4.79 Å². The van der Waals surface area contributed by atoms with Crippen molar-refractivity contribution in [3.63, 3.8) is 0 Å². The second kappa shape index (κ2) is 8.71. The number of carbonyl (C=O) groups excluding carboxylic acids is 1. The summed E-state index contributed by atoms with van der Waals surface area (Å²) in [6.07, 6.45) is 7.70. The molecule has 122 valence electrons. The Balaban J connectivity index is 1.92. The van der Waals surface area contributed by atoms with Crippen molar-refractivity contribution < 1.29 is 9.53 Å². The van der Waals surface area contributed by atoms with E-state index in [1.165, 1.54) is 0 Å².